The van der Waals surface area contributed by atoms with E-state index < -0.39 is 0 Å². The van der Waals surface area contributed by atoms with Crippen LogP contribution in [-0.4, -0.2) is 18.5 Å². The Balaban J connectivity index is 2.03. The van der Waals surface area contributed by atoms with Gasteiger partial charge in [0.05, 0.1) is 0 Å². The Morgan fingerprint density at radius 1 is 0.895 bits per heavy atom. The maximum Gasteiger partial charge on any atom is 0.0457 e. The number of hydrogen-bond donors (Lipinski definition) is 0. The van der Waals surface area contributed by atoms with E-state index in [1.54, 1.807) is 0 Å². The van der Waals surface area contributed by atoms with Crippen LogP contribution in [0.5, 0.6) is 0 Å². The molecular formula is C16H15IN2. The van der Waals surface area contributed by atoms with Crippen LogP contribution in [0.3, 0.4) is 0 Å². The Morgan fingerprint density at radius 3 is 2.32 bits per heavy atom. The zero-order valence-electron chi connectivity index (χ0n) is 11.0. The number of aromatic nitrogens is 1. The second-order valence-corrected chi connectivity index (χ2v) is 6.10. The van der Waals surface area contributed by atoms with Gasteiger partial charge in [0.1, 0.15) is 0 Å². The first-order valence-electron chi connectivity index (χ1n) is 6.18. The summed E-state index contributed by atoms with van der Waals surface area (Å²) in [5.74, 6) is 0. The van der Waals surface area contributed by atoms with E-state index in [2.05, 4.69) is 101 Å². The quantitative estimate of drug-likeness (QED) is 0.618. The van der Waals surface area contributed by atoms with Gasteiger partial charge in [-0.15, -0.1) is 0 Å². The number of anilines is 1. The molecule has 3 rings (SSSR count). The molecule has 0 aliphatic rings. The summed E-state index contributed by atoms with van der Waals surface area (Å²) in [6.07, 6.45) is 4.33. The van der Waals surface area contributed by atoms with E-state index in [4.69, 9.17) is 0 Å². The summed E-state index contributed by atoms with van der Waals surface area (Å²) in [6, 6.07) is 15.2. The van der Waals surface area contributed by atoms with Gasteiger partial charge in [-0.2, -0.15) is 0 Å². The summed E-state index contributed by atoms with van der Waals surface area (Å²) < 4.78 is 3.42. The molecule has 0 N–H and O–H groups in total. The van der Waals surface area contributed by atoms with Crippen LogP contribution < -0.4 is 4.90 Å². The molecule has 0 unspecified atom stereocenters. The Kier molecular flexibility index (Phi) is 3.22. The smallest absolute Gasteiger partial charge is 0.0457 e. The molecule has 2 nitrogen and oxygen atoms in total. The molecule has 0 saturated heterocycles. The van der Waals surface area contributed by atoms with E-state index in [-0.39, 0.29) is 0 Å². The molecule has 0 atom stereocenters. The van der Waals surface area contributed by atoms with Gasteiger partial charge in [-0.3, -0.25) is 0 Å². The van der Waals surface area contributed by atoms with Gasteiger partial charge in [-0.1, -0.05) is 12.1 Å². The molecule has 0 fully saturated rings. The topological polar surface area (TPSA) is 7.65 Å². The van der Waals surface area contributed by atoms with Crippen molar-refractivity contribution in [2.45, 2.75) is 0 Å². The highest BCUT2D eigenvalue weighted by atomic mass is 127. The lowest BCUT2D eigenvalue weighted by molar-refractivity contribution is 1.13. The van der Waals surface area contributed by atoms with Crippen LogP contribution in [0.25, 0.3) is 16.6 Å². The molecule has 0 aliphatic carbocycles. The minimum Gasteiger partial charge on any atom is -0.378 e. The largest absolute Gasteiger partial charge is 0.378 e. The fraction of sp³-hybridized carbons (Fsp3) is 0.125. The highest BCUT2D eigenvalue weighted by Crippen LogP contribution is 2.25. The molecule has 96 valence electrons. The van der Waals surface area contributed by atoms with Gasteiger partial charge in [-0.25, -0.2) is 0 Å². The Labute approximate surface area is 126 Å². The highest BCUT2D eigenvalue weighted by Gasteiger charge is 2.03. The summed E-state index contributed by atoms with van der Waals surface area (Å²) in [6.45, 7) is 0. The molecule has 2 aromatic heterocycles. The fourth-order valence-corrected chi connectivity index (χ4v) is 2.67. The number of halogens is 1. The van der Waals surface area contributed by atoms with Crippen LogP contribution in [0.15, 0.2) is 54.9 Å². The van der Waals surface area contributed by atoms with Crippen molar-refractivity contribution in [2.75, 3.05) is 19.0 Å². The summed E-state index contributed by atoms with van der Waals surface area (Å²) >= 11 is 2.34. The van der Waals surface area contributed by atoms with Crippen molar-refractivity contribution >= 4 is 33.8 Å². The van der Waals surface area contributed by atoms with Crippen LogP contribution in [-0.2, 0) is 0 Å². The number of nitrogens with zero attached hydrogens (tertiary/aromatic N) is 2. The number of benzene rings is 1. The molecule has 2 heterocycles. The molecular weight excluding hydrogens is 347 g/mol. The van der Waals surface area contributed by atoms with Gasteiger partial charge >= 0.3 is 0 Å². The molecule has 0 radical (unpaired) electrons. The minimum atomic E-state index is 1.22. The fourth-order valence-electron chi connectivity index (χ4n) is 2.19. The summed E-state index contributed by atoms with van der Waals surface area (Å²) in [5, 5.41) is 0. The van der Waals surface area contributed by atoms with Crippen molar-refractivity contribution in [3.05, 3.63) is 58.4 Å². The lowest BCUT2D eigenvalue weighted by Gasteiger charge is -2.12. The summed E-state index contributed by atoms with van der Waals surface area (Å²) in [4.78, 5) is 2.11. The molecule has 3 heteroatoms. The van der Waals surface area contributed by atoms with Gasteiger partial charge in [-0.05, 0) is 58.5 Å². The molecule has 1 aromatic carbocycles. The zero-order valence-corrected chi connectivity index (χ0v) is 13.1. The van der Waals surface area contributed by atoms with Crippen LogP contribution in [0, 0.1) is 3.57 Å². The van der Waals surface area contributed by atoms with Crippen LogP contribution >= 0.6 is 22.6 Å². The van der Waals surface area contributed by atoms with Crippen molar-refractivity contribution in [2.24, 2.45) is 0 Å². The van der Waals surface area contributed by atoms with Gasteiger partial charge in [0.25, 0.3) is 0 Å². The van der Waals surface area contributed by atoms with Gasteiger partial charge in [0.15, 0.2) is 0 Å². The molecule has 0 spiro atoms. The molecule has 0 bridgehead atoms. The van der Waals surface area contributed by atoms with Gasteiger partial charge in [0, 0.05) is 46.8 Å². The highest BCUT2D eigenvalue weighted by molar-refractivity contribution is 14.1. The van der Waals surface area contributed by atoms with Crippen LogP contribution in [0.4, 0.5) is 5.69 Å². The minimum absolute atomic E-state index is 1.22. The third-order valence-electron chi connectivity index (χ3n) is 3.27. The van der Waals surface area contributed by atoms with E-state index in [0.29, 0.717) is 0 Å². The Morgan fingerprint density at radius 2 is 1.63 bits per heavy atom. The van der Waals surface area contributed by atoms with Crippen molar-refractivity contribution in [3.63, 3.8) is 0 Å². The molecule has 3 aromatic rings. The van der Waals surface area contributed by atoms with Crippen molar-refractivity contribution in [1.82, 2.24) is 4.40 Å². The lowest BCUT2D eigenvalue weighted by atomic mass is 10.1. The number of rotatable bonds is 2. The van der Waals surface area contributed by atoms with E-state index in [1.807, 2.05) is 0 Å². The first-order chi connectivity index (χ1) is 9.13. The van der Waals surface area contributed by atoms with Crippen LogP contribution in [0.2, 0.25) is 0 Å². The van der Waals surface area contributed by atoms with E-state index in [0.717, 1.165) is 0 Å². The monoisotopic (exact) mass is 362 g/mol. The maximum atomic E-state index is 2.34. The number of pyridine rings is 1. The average Bonchev–Trinajstić information content (AvgIpc) is 2.81. The summed E-state index contributed by atoms with van der Waals surface area (Å²) in [7, 11) is 4.12. The first-order valence-corrected chi connectivity index (χ1v) is 7.26. The van der Waals surface area contributed by atoms with E-state index >= 15 is 0 Å². The van der Waals surface area contributed by atoms with Crippen LogP contribution in [0.1, 0.15) is 0 Å². The second-order valence-electron chi connectivity index (χ2n) is 4.85. The van der Waals surface area contributed by atoms with Crippen molar-refractivity contribution in [3.8, 4) is 11.1 Å². The predicted molar refractivity (Wildman–Crippen MR) is 89.9 cm³/mol. The second kappa shape index (κ2) is 4.89. The molecule has 0 saturated carbocycles. The molecule has 0 aliphatic heterocycles. The standard InChI is InChI=1S/C16H15IN2/c1-18(2)15-6-3-12(4-7-15)13-9-16-8-5-14(17)11-19(16)10-13/h3-11H,1-2H3. The molecule has 0 amide bonds. The Hall–Kier alpha value is -1.49. The van der Waals surface area contributed by atoms with Gasteiger partial charge in [0.2, 0.25) is 0 Å². The zero-order chi connectivity index (χ0) is 13.4. The SMILES string of the molecule is CN(C)c1ccc(-c2cc3ccc(I)cn3c2)cc1. The summed E-state index contributed by atoms with van der Waals surface area (Å²) in [5.41, 5.74) is 4.96. The lowest BCUT2D eigenvalue weighted by Crippen LogP contribution is -2.07. The first kappa shape index (κ1) is 12.5. The Bertz CT molecular complexity index is 711. The van der Waals surface area contributed by atoms with Crippen molar-refractivity contribution < 1.29 is 0 Å². The number of fused-ring (bicyclic) bond motifs is 1. The predicted octanol–water partition coefficient (Wildman–Crippen LogP) is 4.28. The average molecular weight is 362 g/mol. The molecule has 19 heavy (non-hydrogen) atoms. The van der Waals surface area contributed by atoms with Crippen molar-refractivity contribution in [1.29, 1.82) is 0 Å². The number of hydrogen-bond acceptors (Lipinski definition) is 1. The normalized spacial score (nSPS) is 10.9. The third-order valence-corrected chi connectivity index (χ3v) is 3.91. The van der Waals surface area contributed by atoms with Gasteiger partial charge < -0.3 is 9.30 Å². The third kappa shape index (κ3) is 2.47. The van der Waals surface area contributed by atoms with E-state index in [1.165, 1.54) is 25.9 Å². The maximum absolute atomic E-state index is 2.34. The van der Waals surface area contributed by atoms with E-state index in [9.17, 15) is 0 Å².